The number of halogens is 1. The van der Waals surface area contributed by atoms with Crippen LogP contribution in [0.4, 0.5) is 4.39 Å². The first-order chi connectivity index (χ1) is 16.5. The van der Waals surface area contributed by atoms with Crippen LogP contribution in [0.1, 0.15) is 22.7 Å². The molecule has 5 rings (SSSR count). The molecule has 0 saturated carbocycles. The molecule has 172 valence electrons. The Hall–Kier alpha value is -4.13. The van der Waals surface area contributed by atoms with Crippen LogP contribution in [0.5, 0.6) is 11.5 Å². The number of Topliss-reactive ketones (excluding diaryl/α,β-unsaturated/α-hetero) is 1. The molecule has 2 aliphatic heterocycles. The van der Waals surface area contributed by atoms with Gasteiger partial charge in [0.1, 0.15) is 24.8 Å². The van der Waals surface area contributed by atoms with E-state index in [0.29, 0.717) is 42.3 Å². The van der Waals surface area contributed by atoms with Gasteiger partial charge in [-0.15, -0.1) is 0 Å². The Morgan fingerprint density at radius 2 is 1.65 bits per heavy atom. The maximum absolute atomic E-state index is 13.6. The van der Waals surface area contributed by atoms with Gasteiger partial charge in [0.25, 0.3) is 11.7 Å². The van der Waals surface area contributed by atoms with Gasteiger partial charge in [-0.05, 0) is 47.9 Å². The van der Waals surface area contributed by atoms with E-state index in [1.54, 1.807) is 18.2 Å². The highest BCUT2D eigenvalue weighted by Crippen LogP contribution is 2.41. The van der Waals surface area contributed by atoms with Gasteiger partial charge in [0.2, 0.25) is 0 Å². The number of nitrogens with zero attached hydrogens (tertiary/aromatic N) is 1. The Bertz CT molecular complexity index is 1270. The number of likely N-dealkylation sites (tertiary alicyclic amines) is 1. The molecule has 0 radical (unpaired) electrons. The molecule has 1 unspecified atom stereocenters. The van der Waals surface area contributed by atoms with Crippen LogP contribution >= 0.6 is 0 Å². The van der Waals surface area contributed by atoms with Gasteiger partial charge in [-0.3, -0.25) is 9.59 Å². The van der Waals surface area contributed by atoms with Gasteiger partial charge in [0.15, 0.2) is 11.5 Å². The molecule has 3 aromatic rings. The third kappa shape index (κ3) is 4.01. The summed E-state index contributed by atoms with van der Waals surface area (Å²) in [5.41, 5.74) is 1.83. The Morgan fingerprint density at radius 3 is 2.38 bits per heavy atom. The second kappa shape index (κ2) is 9.02. The third-order valence-electron chi connectivity index (χ3n) is 6.03. The van der Waals surface area contributed by atoms with Crippen LogP contribution < -0.4 is 9.47 Å². The Kier molecular flexibility index (Phi) is 5.76. The third-order valence-corrected chi connectivity index (χ3v) is 6.03. The average molecular weight is 459 g/mol. The molecule has 0 spiro atoms. The van der Waals surface area contributed by atoms with Gasteiger partial charge in [0, 0.05) is 12.1 Å². The molecule has 2 heterocycles. The topological polar surface area (TPSA) is 76.1 Å². The lowest BCUT2D eigenvalue weighted by atomic mass is 9.95. The number of rotatable bonds is 5. The molecule has 7 heteroatoms. The number of carbonyl (C=O) groups is 2. The normalized spacial score (nSPS) is 18.9. The van der Waals surface area contributed by atoms with Crippen LogP contribution in [-0.4, -0.2) is 41.5 Å². The summed E-state index contributed by atoms with van der Waals surface area (Å²) >= 11 is 0. The van der Waals surface area contributed by atoms with E-state index in [4.69, 9.17) is 9.47 Å². The summed E-state index contributed by atoms with van der Waals surface area (Å²) in [6.45, 7) is 1.06. The van der Waals surface area contributed by atoms with Gasteiger partial charge < -0.3 is 19.5 Å². The molecule has 1 fully saturated rings. The van der Waals surface area contributed by atoms with Gasteiger partial charge in [-0.2, -0.15) is 0 Å². The van der Waals surface area contributed by atoms with E-state index in [1.807, 2.05) is 30.3 Å². The van der Waals surface area contributed by atoms with Crippen molar-refractivity contribution in [3.8, 4) is 11.5 Å². The first kappa shape index (κ1) is 21.7. The number of aliphatic hydroxyl groups is 1. The van der Waals surface area contributed by atoms with E-state index >= 15 is 0 Å². The zero-order chi connectivity index (χ0) is 23.7. The molecule has 0 aromatic heterocycles. The first-order valence-electron chi connectivity index (χ1n) is 11.0. The predicted octanol–water partition coefficient (Wildman–Crippen LogP) is 4.26. The molecular weight excluding hydrogens is 437 g/mol. The lowest BCUT2D eigenvalue weighted by Crippen LogP contribution is -2.31. The van der Waals surface area contributed by atoms with Crippen molar-refractivity contribution in [3.05, 3.63) is 101 Å². The number of fused-ring (bicyclic) bond motifs is 1. The number of hydrogen-bond donors (Lipinski definition) is 1. The molecule has 1 saturated heterocycles. The second-order valence-electron chi connectivity index (χ2n) is 8.14. The van der Waals surface area contributed by atoms with Crippen molar-refractivity contribution < 1.29 is 28.6 Å². The summed E-state index contributed by atoms with van der Waals surface area (Å²) < 4.78 is 24.8. The summed E-state index contributed by atoms with van der Waals surface area (Å²) in [7, 11) is 0. The first-order valence-corrected chi connectivity index (χ1v) is 11.0. The number of ketones is 1. The average Bonchev–Trinajstić information content (AvgIpc) is 3.12. The minimum absolute atomic E-state index is 0.0404. The zero-order valence-corrected chi connectivity index (χ0v) is 18.2. The maximum Gasteiger partial charge on any atom is 0.295 e. The predicted molar refractivity (Wildman–Crippen MR) is 123 cm³/mol. The summed E-state index contributed by atoms with van der Waals surface area (Å²) in [6.07, 6.45) is 0.523. The van der Waals surface area contributed by atoms with Crippen molar-refractivity contribution in [2.24, 2.45) is 0 Å². The molecule has 1 amide bonds. The van der Waals surface area contributed by atoms with Crippen molar-refractivity contribution in [3.63, 3.8) is 0 Å². The van der Waals surface area contributed by atoms with Crippen LogP contribution in [-0.2, 0) is 16.0 Å². The highest BCUT2D eigenvalue weighted by atomic mass is 19.1. The van der Waals surface area contributed by atoms with Gasteiger partial charge in [0.05, 0.1) is 11.6 Å². The molecule has 3 aromatic carbocycles. The minimum Gasteiger partial charge on any atom is -0.507 e. The number of benzene rings is 3. The number of hydrogen-bond acceptors (Lipinski definition) is 5. The fraction of sp³-hybridized carbons (Fsp3) is 0.185. The molecule has 6 nitrogen and oxygen atoms in total. The Labute approximate surface area is 195 Å². The summed E-state index contributed by atoms with van der Waals surface area (Å²) in [4.78, 5) is 27.6. The smallest absolute Gasteiger partial charge is 0.295 e. The molecule has 1 atom stereocenters. The molecule has 2 aliphatic rings. The zero-order valence-electron chi connectivity index (χ0n) is 18.2. The van der Waals surface area contributed by atoms with Crippen LogP contribution in [0.3, 0.4) is 0 Å². The van der Waals surface area contributed by atoms with Crippen molar-refractivity contribution in [1.82, 2.24) is 4.90 Å². The molecule has 1 N–H and O–H groups in total. The van der Waals surface area contributed by atoms with Gasteiger partial charge in [-0.1, -0.05) is 42.5 Å². The largest absolute Gasteiger partial charge is 0.507 e. The van der Waals surface area contributed by atoms with Gasteiger partial charge in [-0.25, -0.2) is 4.39 Å². The molecule has 0 bridgehead atoms. The van der Waals surface area contributed by atoms with E-state index in [9.17, 15) is 19.1 Å². The van der Waals surface area contributed by atoms with Crippen molar-refractivity contribution in [2.45, 2.75) is 12.5 Å². The van der Waals surface area contributed by atoms with E-state index in [-0.39, 0.29) is 17.9 Å². The van der Waals surface area contributed by atoms with E-state index in [0.717, 1.165) is 5.56 Å². The van der Waals surface area contributed by atoms with Crippen LogP contribution in [0, 0.1) is 5.82 Å². The molecule has 34 heavy (non-hydrogen) atoms. The highest BCUT2D eigenvalue weighted by molar-refractivity contribution is 6.46. The fourth-order valence-corrected chi connectivity index (χ4v) is 4.34. The van der Waals surface area contributed by atoms with Crippen molar-refractivity contribution in [2.75, 3.05) is 19.8 Å². The lowest BCUT2D eigenvalue weighted by Gasteiger charge is -2.25. The Morgan fingerprint density at radius 1 is 0.941 bits per heavy atom. The second-order valence-corrected chi connectivity index (χ2v) is 8.14. The quantitative estimate of drug-likeness (QED) is 0.351. The highest BCUT2D eigenvalue weighted by Gasteiger charge is 2.45. The number of aliphatic hydroxyl groups excluding tert-OH is 1. The Balaban J connectivity index is 1.57. The van der Waals surface area contributed by atoms with Crippen LogP contribution in [0.25, 0.3) is 5.76 Å². The number of amides is 1. The SMILES string of the molecule is O=C1C(=O)N(CCc2ccccc2)C(c2ccc(F)cc2)/C1=C(\O)c1ccc2c(c1)OCCO2. The molecule has 0 aliphatic carbocycles. The standard InChI is InChI=1S/C27H22FNO5/c28-20-9-6-18(7-10-20)24-23(25(30)19-8-11-21-22(16-19)34-15-14-33-21)26(31)27(32)29(24)13-12-17-4-2-1-3-5-17/h1-11,16,24,30H,12-15H2/b25-23+. The van der Waals surface area contributed by atoms with Crippen LogP contribution in [0.15, 0.2) is 78.4 Å². The van der Waals surface area contributed by atoms with Crippen molar-refractivity contribution >= 4 is 17.4 Å². The lowest BCUT2D eigenvalue weighted by molar-refractivity contribution is -0.139. The number of carbonyl (C=O) groups excluding carboxylic acids is 2. The molecular formula is C27H22FNO5. The monoisotopic (exact) mass is 459 g/mol. The fourth-order valence-electron chi connectivity index (χ4n) is 4.34. The van der Waals surface area contributed by atoms with E-state index in [1.165, 1.54) is 29.2 Å². The summed E-state index contributed by atoms with van der Waals surface area (Å²) in [6, 6.07) is 19.2. The van der Waals surface area contributed by atoms with Crippen molar-refractivity contribution in [1.29, 1.82) is 0 Å². The van der Waals surface area contributed by atoms with E-state index < -0.39 is 23.5 Å². The maximum atomic E-state index is 13.6. The van der Waals surface area contributed by atoms with Crippen LogP contribution in [0.2, 0.25) is 0 Å². The minimum atomic E-state index is -0.850. The summed E-state index contributed by atoms with van der Waals surface area (Å²) in [5.74, 6) is -1.24. The van der Waals surface area contributed by atoms with E-state index in [2.05, 4.69) is 0 Å². The number of ether oxygens (including phenoxy) is 2. The summed E-state index contributed by atoms with van der Waals surface area (Å²) in [5, 5.41) is 11.2. The van der Waals surface area contributed by atoms with Gasteiger partial charge >= 0.3 is 0 Å².